The van der Waals surface area contributed by atoms with Crippen molar-refractivity contribution >= 4 is 0 Å². The quantitative estimate of drug-likeness (QED) is 0.828. The number of aliphatic hydroxyl groups excluding tert-OH is 1. The summed E-state index contributed by atoms with van der Waals surface area (Å²) in [6.07, 6.45) is 7.55. The number of ether oxygens (including phenoxy) is 1. The highest BCUT2D eigenvalue weighted by molar-refractivity contribution is 5.41. The number of aromatic hydroxyl groups is 1. The average molecular weight is 348 g/mol. The Morgan fingerprint density at radius 2 is 1.96 bits per heavy atom. The molecule has 5 nitrogen and oxygen atoms in total. The van der Waals surface area contributed by atoms with Crippen molar-refractivity contribution in [3.8, 4) is 11.5 Å². The van der Waals surface area contributed by atoms with Gasteiger partial charge in [-0.05, 0) is 37.0 Å². The van der Waals surface area contributed by atoms with Gasteiger partial charge in [-0.3, -0.25) is 9.80 Å². The zero-order valence-corrected chi connectivity index (χ0v) is 15.4. The van der Waals surface area contributed by atoms with Gasteiger partial charge in [-0.15, -0.1) is 0 Å². The van der Waals surface area contributed by atoms with Gasteiger partial charge in [0.1, 0.15) is 0 Å². The van der Waals surface area contributed by atoms with Gasteiger partial charge in [0.25, 0.3) is 0 Å². The lowest BCUT2D eigenvalue weighted by Gasteiger charge is -2.46. The Morgan fingerprint density at radius 1 is 1.16 bits per heavy atom. The highest BCUT2D eigenvalue weighted by atomic mass is 16.5. The van der Waals surface area contributed by atoms with Crippen molar-refractivity contribution in [2.24, 2.45) is 0 Å². The zero-order valence-electron chi connectivity index (χ0n) is 15.4. The van der Waals surface area contributed by atoms with Crippen LogP contribution in [0.1, 0.15) is 44.1 Å². The second kappa shape index (κ2) is 8.88. The summed E-state index contributed by atoms with van der Waals surface area (Å²) in [4.78, 5) is 5.11. The van der Waals surface area contributed by atoms with Gasteiger partial charge >= 0.3 is 0 Å². The van der Waals surface area contributed by atoms with E-state index < -0.39 is 0 Å². The minimum absolute atomic E-state index is 0.202. The number of aliphatic hydroxyl groups is 1. The van der Waals surface area contributed by atoms with E-state index in [0.29, 0.717) is 17.8 Å². The molecular formula is C20H32N2O3. The van der Waals surface area contributed by atoms with Crippen LogP contribution in [0.3, 0.4) is 0 Å². The molecule has 1 aromatic rings. The Labute approximate surface area is 151 Å². The first-order valence-electron chi connectivity index (χ1n) is 9.66. The van der Waals surface area contributed by atoms with Crippen LogP contribution in [0.5, 0.6) is 11.5 Å². The summed E-state index contributed by atoms with van der Waals surface area (Å²) in [5.41, 5.74) is 1.10. The Bertz CT molecular complexity index is 546. The van der Waals surface area contributed by atoms with E-state index >= 15 is 0 Å². The number of benzene rings is 1. The Kier molecular flexibility index (Phi) is 6.57. The molecule has 2 aliphatic rings. The third kappa shape index (κ3) is 4.66. The van der Waals surface area contributed by atoms with Crippen LogP contribution < -0.4 is 4.74 Å². The van der Waals surface area contributed by atoms with Crippen LogP contribution in [0.2, 0.25) is 0 Å². The van der Waals surface area contributed by atoms with Gasteiger partial charge in [0.15, 0.2) is 11.5 Å². The zero-order chi connectivity index (χ0) is 17.6. The summed E-state index contributed by atoms with van der Waals surface area (Å²) in [6.45, 7) is 4.20. The summed E-state index contributed by atoms with van der Waals surface area (Å²) >= 11 is 0. The maximum Gasteiger partial charge on any atom is 0.160 e. The molecule has 1 aliphatic heterocycles. The monoisotopic (exact) mass is 348 g/mol. The SMILES string of the molecule is COc1ccc(CN2CCN(C3CCCCC3)[C@H](CCO)C2)cc1O. The van der Waals surface area contributed by atoms with E-state index in [1.807, 2.05) is 12.1 Å². The van der Waals surface area contributed by atoms with Gasteiger partial charge in [-0.2, -0.15) is 0 Å². The summed E-state index contributed by atoms with van der Waals surface area (Å²) < 4.78 is 5.12. The van der Waals surface area contributed by atoms with Gasteiger partial charge in [-0.25, -0.2) is 0 Å². The number of hydrogen-bond acceptors (Lipinski definition) is 5. The Balaban J connectivity index is 1.62. The topological polar surface area (TPSA) is 56.2 Å². The van der Waals surface area contributed by atoms with Crippen molar-refractivity contribution in [2.75, 3.05) is 33.4 Å². The lowest BCUT2D eigenvalue weighted by Crippen LogP contribution is -2.56. The first-order valence-corrected chi connectivity index (χ1v) is 9.66. The van der Waals surface area contributed by atoms with Gasteiger partial charge in [0, 0.05) is 44.9 Å². The second-order valence-electron chi connectivity index (χ2n) is 7.44. The van der Waals surface area contributed by atoms with Crippen molar-refractivity contribution in [3.05, 3.63) is 23.8 Å². The third-order valence-corrected chi connectivity index (χ3v) is 5.77. The minimum Gasteiger partial charge on any atom is -0.504 e. The predicted molar refractivity (Wildman–Crippen MR) is 99.0 cm³/mol. The van der Waals surface area contributed by atoms with Crippen LogP contribution >= 0.6 is 0 Å². The molecule has 1 aliphatic carbocycles. The van der Waals surface area contributed by atoms with Gasteiger partial charge in [0.2, 0.25) is 0 Å². The highest BCUT2D eigenvalue weighted by Crippen LogP contribution is 2.29. The number of methoxy groups -OCH3 is 1. The lowest BCUT2D eigenvalue weighted by atomic mass is 9.91. The number of rotatable bonds is 6. The Hall–Kier alpha value is -1.30. The fraction of sp³-hybridized carbons (Fsp3) is 0.700. The average Bonchev–Trinajstić information content (AvgIpc) is 2.63. The molecular weight excluding hydrogens is 316 g/mol. The van der Waals surface area contributed by atoms with Crippen molar-refractivity contribution in [2.45, 2.75) is 57.2 Å². The van der Waals surface area contributed by atoms with E-state index in [1.165, 1.54) is 32.1 Å². The summed E-state index contributed by atoms with van der Waals surface area (Å²) in [5, 5.41) is 19.5. The normalized spacial score (nSPS) is 23.7. The fourth-order valence-corrected chi connectivity index (χ4v) is 4.47. The molecule has 5 heteroatoms. The van der Waals surface area contributed by atoms with Gasteiger partial charge < -0.3 is 14.9 Å². The molecule has 0 radical (unpaired) electrons. The third-order valence-electron chi connectivity index (χ3n) is 5.77. The number of phenolic OH excluding ortho intramolecular Hbond substituents is 1. The molecule has 25 heavy (non-hydrogen) atoms. The molecule has 0 spiro atoms. The smallest absolute Gasteiger partial charge is 0.160 e. The minimum atomic E-state index is 0.202. The highest BCUT2D eigenvalue weighted by Gasteiger charge is 2.32. The summed E-state index contributed by atoms with van der Waals surface area (Å²) in [5.74, 6) is 0.719. The second-order valence-corrected chi connectivity index (χ2v) is 7.44. The van der Waals surface area contributed by atoms with Gasteiger partial charge in [-0.1, -0.05) is 25.3 Å². The van der Waals surface area contributed by atoms with Crippen LogP contribution in [0.15, 0.2) is 18.2 Å². The van der Waals surface area contributed by atoms with Crippen molar-refractivity contribution in [1.82, 2.24) is 9.80 Å². The van der Waals surface area contributed by atoms with Crippen LogP contribution in [0.25, 0.3) is 0 Å². The van der Waals surface area contributed by atoms with Crippen molar-refractivity contribution < 1.29 is 14.9 Å². The molecule has 0 unspecified atom stereocenters. The molecule has 1 aromatic carbocycles. The maximum absolute atomic E-state index is 9.98. The standard InChI is InChI=1S/C20H32N2O3/c1-25-20-8-7-16(13-19(20)24)14-21-10-11-22(18(15-21)9-12-23)17-5-3-2-4-6-17/h7-8,13,17-18,23-24H,2-6,9-12,14-15H2,1H3/t18-/m1/s1. The molecule has 1 saturated heterocycles. The predicted octanol–water partition coefficient (Wildman–Crippen LogP) is 2.60. The summed E-state index contributed by atoms with van der Waals surface area (Å²) in [6, 6.07) is 6.79. The van der Waals surface area contributed by atoms with Gasteiger partial charge in [0.05, 0.1) is 7.11 Å². The summed E-state index contributed by atoms with van der Waals surface area (Å²) in [7, 11) is 1.57. The van der Waals surface area contributed by atoms with Crippen LogP contribution in [0, 0.1) is 0 Å². The molecule has 1 saturated carbocycles. The fourth-order valence-electron chi connectivity index (χ4n) is 4.47. The molecule has 1 heterocycles. The molecule has 0 amide bonds. The van der Waals surface area contributed by atoms with Crippen LogP contribution in [0.4, 0.5) is 0 Å². The number of phenols is 1. The van der Waals surface area contributed by atoms with Crippen molar-refractivity contribution in [3.63, 3.8) is 0 Å². The maximum atomic E-state index is 9.98. The lowest BCUT2D eigenvalue weighted by molar-refractivity contribution is 0.0136. The van der Waals surface area contributed by atoms with Crippen LogP contribution in [-0.2, 0) is 6.54 Å². The molecule has 0 bridgehead atoms. The molecule has 1 atom stereocenters. The van der Waals surface area contributed by atoms with E-state index in [4.69, 9.17) is 4.74 Å². The first kappa shape index (κ1) is 18.5. The van der Waals surface area contributed by atoms with E-state index in [9.17, 15) is 10.2 Å². The molecule has 3 rings (SSSR count). The number of nitrogens with zero attached hydrogens (tertiary/aromatic N) is 2. The Morgan fingerprint density at radius 3 is 2.64 bits per heavy atom. The molecule has 2 N–H and O–H groups in total. The largest absolute Gasteiger partial charge is 0.504 e. The van der Waals surface area contributed by atoms with E-state index in [2.05, 4.69) is 9.80 Å². The van der Waals surface area contributed by atoms with Crippen molar-refractivity contribution in [1.29, 1.82) is 0 Å². The first-order chi connectivity index (χ1) is 12.2. The van der Waals surface area contributed by atoms with E-state index in [0.717, 1.165) is 38.2 Å². The van der Waals surface area contributed by atoms with Crippen LogP contribution in [-0.4, -0.2) is 65.4 Å². The molecule has 140 valence electrons. The van der Waals surface area contributed by atoms with E-state index in [-0.39, 0.29) is 12.4 Å². The molecule has 0 aromatic heterocycles. The van der Waals surface area contributed by atoms with E-state index in [1.54, 1.807) is 13.2 Å². The molecule has 2 fully saturated rings. The number of piperazine rings is 1. The number of hydrogen-bond donors (Lipinski definition) is 2.